The largest absolute Gasteiger partial charge is 0.394 e. The average Bonchev–Trinajstić information content (AvgIpc) is 3.50. The molecule has 0 aromatic rings. The molecule has 280 valence electrons. The molecule has 20 heteroatoms. The van der Waals surface area contributed by atoms with Crippen molar-refractivity contribution in [1.82, 2.24) is 5.32 Å². The van der Waals surface area contributed by atoms with Crippen molar-refractivity contribution >= 4 is 5.91 Å². The Hall–Kier alpha value is -1.25. The lowest BCUT2D eigenvalue weighted by atomic mass is 9.84. The monoisotopic (exact) mass is 698 g/mol. The first-order valence-electron chi connectivity index (χ1n) is 16.2. The Bertz CT molecular complexity index is 1040. The van der Waals surface area contributed by atoms with Crippen molar-refractivity contribution in [3.63, 3.8) is 0 Å². The third-order valence-electron chi connectivity index (χ3n) is 9.46. The fourth-order valence-electron chi connectivity index (χ4n) is 6.47. The molecule has 1 saturated carbocycles. The van der Waals surface area contributed by atoms with Gasteiger partial charge in [-0.3, -0.25) is 4.79 Å². The van der Waals surface area contributed by atoms with Crippen LogP contribution in [0.4, 0.5) is 0 Å². The number of aliphatic hydroxyl groups excluding tert-OH is 7. The van der Waals surface area contributed by atoms with Crippen LogP contribution in [-0.2, 0) is 33.2 Å². The summed E-state index contributed by atoms with van der Waals surface area (Å²) in [6.45, 7) is 2.75. The molecule has 3 aliphatic heterocycles. The minimum Gasteiger partial charge on any atom is -0.394 e. The maximum atomic E-state index is 11.8. The summed E-state index contributed by atoms with van der Waals surface area (Å²) < 4.78 is 34.8. The number of rotatable bonds is 13. The molecule has 0 bridgehead atoms. The summed E-state index contributed by atoms with van der Waals surface area (Å²) in [6, 6.07) is -4.08. The van der Waals surface area contributed by atoms with E-state index in [-0.39, 0.29) is 37.8 Å². The number of aliphatic hydroxyl groups is 7. The molecule has 48 heavy (non-hydrogen) atoms. The van der Waals surface area contributed by atoms with Crippen molar-refractivity contribution in [1.29, 1.82) is 0 Å². The molecule has 0 aromatic carbocycles. The fraction of sp³-hybridized carbons (Fsp3) is 0.964. The molecule has 4 aliphatic rings. The van der Waals surface area contributed by atoms with Gasteiger partial charge in [0, 0.05) is 31.1 Å². The van der Waals surface area contributed by atoms with Gasteiger partial charge < -0.3 is 98.2 Å². The number of nitrogens with one attached hydrogen (secondary N) is 1. The topological polar surface area (TPSA) is 356 Å². The third kappa shape index (κ3) is 8.44. The van der Waals surface area contributed by atoms with Crippen LogP contribution in [0.25, 0.3) is 0 Å². The lowest BCUT2D eigenvalue weighted by molar-refractivity contribution is -0.306. The van der Waals surface area contributed by atoms with Crippen molar-refractivity contribution < 1.29 is 69.0 Å². The summed E-state index contributed by atoms with van der Waals surface area (Å²) in [6.07, 6.45) is -18.8. The summed E-state index contributed by atoms with van der Waals surface area (Å²) >= 11 is 0. The second-order valence-electron chi connectivity index (χ2n) is 13.3. The van der Waals surface area contributed by atoms with Gasteiger partial charge >= 0.3 is 0 Å². The molecule has 1 amide bonds. The Labute approximate surface area is 277 Å². The van der Waals surface area contributed by atoms with E-state index >= 15 is 0 Å². The maximum absolute atomic E-state index is 11.8. The van der Waals surface area contributed by atoms with Crippen molar-refractivity contribution in [3.05, 3.63) is 0 Å². The van der Waals surface area contributed by atoms with Gasteiger partial charge in [-0.1, -0.05) is 13.8 Å². The van der Waals surface area contributed by atoms with Crippen molar-refractivity contribution in [2.45, 2.75) is 137 Å². The van der Waals surface area contributed by atoms with Crippen LogP contribution in [0.3, 0.4) is 0 Å². The molecule has 3 saturated heterocycles. The Balaban J connectivity index is 1.42. The molecular formula is C28H54N6O14. The number of nitrogens with two attached hydrogens (primary N) is 5. The van der Waals surface area contributed by atoms with Crippen LogP contribution < -0.4 is 34.0 Å². The van der Waals surface area contributed by atoms with E-state index in [1.165, 1.54) is 0 Å². The van der Waals surface area contributed by atoms with E-state index in [9.17, 15) is 40.5 Å². The predicted molar refractivity (Wildman–Crippen MR) is 161 cm³/mol. The molecule has 0 radical (unpaired) electrons. The highest BCUT2D eigenvalue weighted by Gasteiger charge is 2.55. The fourth-order valence-corrected chi connectivity index (χ4v) is 6.47. The van der Waals surface area contributed by atoms with Gasteiger partial charge in [0.25, 0.3) is 0 Å². The van der Waals surface area contributed by atoms with E-state index in [0.29, 0.717) is 0 Å². The Morgan fingerprint density at radius 1 is 0.792 bits per heavy atom. The maximum Gasteiger partial charge on any atom is 0.222 e. The Kier molecular flexibility index (Phi) is 13.9. The Morgan fingerprint density at radius 2 is 1.40 bits per heavy atom. The van der Waals surface area contributed by atoms with Crippen molar-refractivity contribution in [2.75, 3.05) is 19.7 Å². The van der Waals surface area contributed by atoms with Crippen molar-refractivity contribution in [3.8, 4) is 0 Å². The molecule has 0 spiro atoms. The number of hydrogen-bond acceptors (Lipinski definition) is 19. The molecule has 4 rings (SSSR count). The van der Waals surface area contributed by atoms with Crippen LogP contribution in [0.5, 0.6) is 0 Å². The van der Waals surface area contributed by atoms with Gasteiger partial charge in [0.1, 0.15) is 48.8 Å². The number of amides is 1. The highest BCUT2D eigenvalue weighted by molar-refractivity contribution is 5.77. The smallest absolute Gasteiger partial charge is 0.222 e. The first-order valence-corrected chi connectivity index (χ1v) is 16.2. The number of carbonyl (C=O) groups is 1. The summed E-state index contributed by atoms with van der Waals surface area (Å²) in [5.41, 5.74) is 30.5. The van der Waals surface area contributed by atoms with Gasteiger partial charge in [0.2, 0.25) is 5.91 Å². The summed E-state index contributed by atoms with van der Waals surface area (Å²) in [4.78, 5) is 11.8. The SMILES string of the molecule is CC(C)C(=O)NCC[C@@H](O)C1C(O)O[C@H](OC2C(O)[C@H](OC3C(O)[C@H](N)CC(N)[C@H]3O[C@H]3OC(CN)[C@@H](O)C(O)C3N)O[C@@H]2CO)C1N. The van der Waals surface area contributed by atoms with Crippen LogP contribution in [0.1, 0.15) is 26.7 Å². The summed E-state index contributed by atoms with van der Waals surface area (Å²) in [7, 11) is 0. The number of hydrogen-bond donors (Lipinski definition) is 13. The van der Waals surface area contributed by atoms with E-state index in [1.54, 1.807) is 13.8 Å². The van der Waals surface area contributed by atoms with Gasteiger partial charge in [-0.25, -0.2) is 0 Å². The molecule has 4 fully saturated rings. The van der Waals surface area contributed by atoms with Crippen LogP contribution >= 0.6 is 0 Å². The first kappa shape index (κ1) is 39.5. The van der Waals surface area contributed by atoms with E-state index in [2.05, 4.69) is 5.32 Å². The van der Waals surface area contributed by atoms with E-state index in [1.807, 2.05) is 0 Å². The summed E-state index contributed by atoms with van der Waals surface area (Å²) in [5, 5.41) is 76.9. The normalized spacial score (nSPS) is 47.4. The lowest BCUT2D eigenvalue weighted by Gasteiger charge is -2.47. The van der Waals surface area contributed by atoms with Gasteiger partial charge in [-0.15, -0.1) is 0 Å². The second kappa shape index (κ2) is 16.8. The zero-order valence-electron chi connectivity index (χ0n) is 27.0. The molecule has 1 aliphatic carbocycles. The number of ether oxygens (including phenoxy) is 6. The second-order valence-corrected chi connectivity index (χ2v) is 13.3. The van der Waals surface area contributed by atoms with Crippen molar-refractivity contribution in [2.24, 2.45) is 40.5 Å². The minimum absolute atomic E-state index is 0.0642. The molecular weight excluding hydrogens is 644 g/mol. The highest BCUT2D eigenvalue weighted by Crippen LogP contribution is 2.36. The van der Waals surface area contributed by atoms with Crippen LogP contribution in [0.2, 0.25) is 0 Å². The zero-order valence-corrected chi connectivity index (χ0v) is 27.0. The van der Waals surface area contributed by atoms with Crippen LogP contribution in [0, 0.1) is 11.8 Å². The Morgan fingerprint density at radius 3 is 2.02 bits per heavy atom. The van der Waals surface area contributed by atoms with Gasteiger partial charge in [-0.05, 0) is 12.8 Å². The quantitative estimate of drug-likeness (QED) is 0.0849. The lowest BCUT2D eigenvalue weighted by Crippen LogP contribution is -2.68. The molecule has 3 heterocycles. The molecule has 20 nitrogen and oxygen atoms in total. The van der Waals surface area contributed by atoms with Gasteiger partial charge in [0.05, 0.1) is 36.8 Å². The highest BCUT2D eigenvalue weighted by atomic mass is 16.8. The van der Waals surface area contributed by atoms with E-state index in [4.69, 9.17) is 57.1 Å². The molecule has 0 aromatic heterocycles. The van der Waals surface area contributed by atoms with E-state index in [0.717, 1.165) is 0 Å². The molecule has 18 N–H and O–H groups in total. The molecule has 19 atom stereocenters. The van der Waals surface area contributed by atoms with Gasteiger partial charge in [0.15, 0.2) is 25.2 Å². The molecule has 11 unspecified atom stereocenters. The minimum atomic E-state index is -1.63. The standard InChI is InChI=1S/C28H54N6O14/c1-8(2)24(41)34-4-3-11(36)14-15(32)26(48-25(14)42)46-22-13(7-35)44-28(20(22)40)47-23-17(37)9(30)5-10(31)21(23)45-27-16(33)19(39)18(38)12(6-29)43-27/h8-23,25-28,35-40,42H,3-7,29-33H2,1-2H3,(H,34,41)/t9-,10?,11-,12?,13-,14?,15?,16?,17?,18-,19?,20?,21-,22?,23?,25?,26+,27-,28+/m1/s1. The number of carbonyl (C=O) groups excluding carboxylic acids is 1. The zero-order chi connectivity index (χ0) is 35.6. The van der Waals surface area contributed by atoms with Crippen LogP contribution in [-0.4, -0.2) is 172 Å². The average molecular weight is 699 g/mol. The van der Waals surface area contributed by atoms with E-state index < -0.39 is 123 Å². The van der Waals surface area contributed by atoms with Gasteiger partial charge in [-0.2, -0.15) is 0 Å². The first-order chi connectivity index (χ1) is 22.6. The third-order valence-corrected chi connectivity index (χ3v) is 9.46. The predicted octanol–water partition coefficient (Wildman–Crippen LogP) is -7.49. The summed E-state index contributed by atoms with van der Waals surface area (Å²) in [5.74, 6) is -1.47. The van der Waals surface area contributed by atoms with Crippen LogP contribution in [0.15, 0.2) is 0 Å².